The largest absolute Gasteiger partial charge is 0.494 e. The smallest absolute Gasteiger partial charge is 0.258 e. The minimum absolute atomic E-state index is 0.213. The predicted octanol–water partition coefficient (Wildman–Crippen LogP) is 3.28. The molecule has 0 atom stereocenters. The van der Waals surface area contributed by atoms with Gasteiger partial charge in [0.15, 0.2) is 5.82 Å². The number of anilines is 1. The van der Waals surface area contributed by atoms with Crippen molar-refractivity contribution < 1.29 is 5.11 Å². The molecule has 8 heteroatoms. The van der Waals surface area contributed by atoms with Gasteiger partial charge in [-0.25, -0.2) is 9.98 Å². The number of hydrogen-bond donors (Lipinski definition) is 2. The highest BCUT2D eigenvalue weighted by Gasteiger charge is 2.16. The number of hydrogen-bond acceptors (Lipinski definition) is 6. The maximum absolute atomic E-state index is 12.1. The average molecular weight is 456 g/mol. The summed E-state index contributed by atoms with van der Waals surface area (Å²) in [6, 6.07) is 9.16. The number of likely N-dealkylation sites (N-methyl/N-ethyl adjacent to an activating group) is 1. The molecule has 7 nitrogen and oxygen atoms in total. The Morgan fingerprint density at radius 2 is 2.00 bits per heavy atom. The fraction of sp³-hybridized carbons (Fsp3) is 0.286. The monoisotopic (exact) mass is 455 g/mol. The maximum atomic E-state index is 12.1. The number of nitrogens with zero attached hydrogens (tertiary/aromatic N) is 4. The number of H-pyrrole nitrogens is 1. The van der Waals surface area contributed by atoms with Crippen molar-refractivity contribution in [2.24, 2.45) is 4.99 Å². The summed E-state index contributed by atoms with van der Waals surface area (Å²) >= 11 is 3.41. The van der Waals surface area contributed by atoms with E-state index < -0.39 is 0 Å². The molecule has 1 aliphatic heterocycles. The second-order valence-electron chi connectivity index (χ2n) is 6.96. The summed E-state index contributed by atoms with van der Waals surface area (Å²) in [4.78, 5) is 28.1. The van der Waals surface area contributed by atoms with Gasteiger partial charge < -0.3 is 14.9 Å². The van der Waals surface area contributed by atoms with Crippen molar-refractivity contribution in [1.29, 1.82) is 0 Å². The average Bonchev–Trinajstić information content (AvgIpc) is 2.74. The van der Waals surface area contributed by atoms with E-state index in [0.717, 1.165) is 42.9 Å². The number of aromatic nitrogens is 2. The number of aliphatic imine (C=N–C) groups is 1. The van der Waals surface area contributed by atoms with Gasteiger partial charge in [0.1, 0.15) is 0 Å². The molecule has 150 valence electrons. The van der Waals surface area contributed by atoms with E-state index in [1.165, 1.54) is 6.21 Å². The van der Waals surface area contributed by atoms with Gasteiger partial charge in [-0.3, -0.25) is 9.78 Å². The van der Waals surface area contributed by atoms with Gasteiger partial charge in [0.2, 0.25) is 5.88 Å². The molecule has 0 unspecified atom stereocenters. The lowest BCUT2D eigenvalue weighted by Crippen LogP contribution is -2.46. The van der Waals surface area contributed by atoms with Gasteiger partial charge in [-0.1, -0.05) is 22.9 Å². The molecule has 0 saturated carbocycles. The van der Waals surface area contributed by atoms with Crippen LogP contribution in [0.15, 0.2) is 50.8 Å². The number of rotatable bonds is 4. The molecule has 3 heterocycles. The van der Waals surface area contributed by atoms with E-state index in [1.54, 1.807) is 18.2 Å². The number of pyridine rings is 2. The molecule has 0 amide bonds. The summed E-state index contributed by atoms with van der Waals surface area (Å²) in [6.45, 7) is 7.37. The van der Waals surface area contributed by atoms with E-state index >= 15 is 0 Å². The number of aromatic amines is 1. The van der Waals surface area contributed by atoms with Gasteiger partial charge in [0, 0.05) is 47.6 Å². The topological polar surface area (TPSA) is 84.8 Å². The van der Waals surface area contributed by atoms with Crippen LogP contribution in [-0.2, 0) is 0 Å². The fourth-order valence-corrected chi connectivity index (χ4v) is 3.89. The third-order valence-electron chi connectivity index (χ3n) is 5.25. The fourth-order valence-electron chi connectivity index (χ4n) is 3.53. The Kier molecular flexibility index (Phi) is 5.64. The molecule has 3 aromatic rings. The van der Waals surface area contributed by atoms with Crippen LogP contribution in [0.1, 0.15) is 12.5 Å². The van der Waals surface area contributed by atoms with Crippen molar-refractivity contribution in [3.63, 3.8) is 0 Å². The Balaban J connectivity index is 1.57. The van der Waals surface area contributed by atoms with E-state index in [-0.39, 0.29) is 11.4 Å². The van der Waals surface area contributed by atoms with Crippen molar-refractivity contribution in [3.8, 4) is 5.88 Å². The summed E-state index contributed by atoms with van der Waals surface area (Å²) in [5.41, 5.74) is 1.19. The second-order valence-corrected chi connectivity index (χ2v) is 7.88. The van der Waals surface area contributed by atoms with E-state index in [1.807, 2.05) is 18.3 Å². The number of fused-ring (bicyclic) bond motifs is 1. The summed E-state index contributed by atoms with van der Waals surface area (Å²) < 4.78 is 0.815. The molecule has 0 radical (unpaired) electrons. The third kappa shape index (κ3) is 4.18. The van der Waals surface area contributed by atoms with Crippen LogP contribution in [0, 0.1) is 0 Å². The summed E-state index contributed by atoms with van der Waals surface area (Å²) in [5, 5.41) is 11.3. The molecule has 1 aromatic carbocycles. The van der Waals surface area contributed by atoms with Crippen molar-refractivity contribution >= 4 is 44.4 Å². The minimum Gasteiger partial charge on any atom is -0.494 e. The quantitative estimate of drug-likeness (QED) is 0.589. The first-order valence-corrected chi connectivity index (χ1v) is 10.4. The number of nitrogens with one attached hydrogen (secondary N) is 1. The lowest BCUT2D eigenvalue weighted by atomic mass is 10.1. The standard InChI is InChI=1S/C21H22BrN5O2/c1-2-26-7-9-27(10-8-26)15-4-6-19(23-12-15)24-13-18-17-11-14(22)3-5-16(17)20(28)25-21(18)29/h3-6,11-13H,2,7-10H2,1H3,(H2,25,28,29). The molecule has 29 heavy (non-hydrogen) atoms. The molecular formula is C21H22BrN5O2. The van der Waals surface area contributed by atoms with Crippen LogP contribution in [0.2, 0.25) is 0 Å². The summed E-state index contributed by atoms with van der Waals surface area (Å²) in [5.74, 6) is 0.324. The zero-order chi connectivity index (χ0) is 20.4. The van der Waals surface area contributed by atoms with Crippen LogP contribution in [0.5, 0.6) is 5.88 Å². The van der Waals surface area contributed by atoms with E-state index in [2.05, 4.69) is 47.6 Å². The van der Waals surface area contributed by atoms with Crippen LogP contribution in [-0.4, -0.2) is 58.9 Å². The normalized spacial score (nSPS) is 15.4. The number of aromatic hydroxyl groups is 1. The Bertz CT molecular complexity index is 1100. The summed E-state index contributed by atoms with van der Waals surface area (Å²) in [7, 11) is 0. The molecule has 4 rings (SSSR count). The molecule has 0 aliphatic carbocycles. The molecule has 0 spiro atoms. The van der Waals surface area contributed by atoms with Crippen molar-refractivity contribution in [2.75, 3.05) is 37.6 Å². The maximum Gasteiger partial charge on any atom is 0.258 e. The molecule has 1 aliphatic rings. The predicted molar refractivity (Wildman–Crippen MR) is 120 cm³/mol. The Labute approximate surface area is 176 Å². The van der Waals surface area contributed by atoms with Crippen molar-refractivity contribution in [1.82, 2.24) is 14.9 Å². The van der Waals surface area contributed by atoms with Crippen molar-refractivity contribution in [3.05, 3.63) is 56.9 Å². The lowest BCUT2D eigenvalue weighted by molar-refractivity contribution is 0.271. The van der Waals surface area contributed by atoms with Crippen LogP contribution in [0.3, 0.4) is 0 Å². The van der Waals surface area contributed by atoms with Crippen LogP contribution >= 0.6 is 15.9 Å². The first kappa shape index (κ1) is 19.6. The number of halogens is 1. The van der Waals surface area contributed by atoms with Gasteiger partial charge in [-0.05, 0) is 36.9 Å². The molecule has 0 bridgehead atoms. The lowest BCUT2D eigenvalue weighted by Gasteiger charge is -2.35. The third-order valence-corrected chi connectivity index (χ3v) is 5.74. The molecule has 2 N–H and O–H groups in total. The zero-order valence-electron chi connectivity index (χ0n) is 16.1. The second kappa shape index (κ2) is 8.34. The SMILES string of the molecule is CCN1CCN(c2ccc(N=Cc3c(O)[nH]c(=O)c4ccc(Br)cc34)nc2)CC1. The molecular weight excluding hydrogens is 434 g/mol. The van der Waals surface area contributed by atoms with Crippen LogP contribution in [0.25, 0.3) is 10.8 Å². The van der Waals surface area contributed by atoms with Gasteiger partial charge in [-0.2, -0.15) is 0 Å². The molecule has 1 fully saturated rings. The van der Waals surface area contributed by atoms with E-state index in [4.69, 9.17) is 0 Å². The van der Waals surface area contributed by atoms with Crippen LogP contribution < -0.4 is 10.5 Å². The molecule has 1 saturated heterocycles. The number of piperazine rings is 1. The van der Waals surface area contributed by atoms with Crippen molar-refractivity contribution in [2.45, 2.75) is 6.92 Å². The van der Waals surface area contributed by atoms with Gasteiger partial charge in [0.05, 0.1) is 17.4 Å². The van der Waals surface area contributed by atoms with Gasteiger partial charge >= 0.3 is 0 Å². The highest BCUT2D eigenvalue weighted by Crippen LogP contribution is 2.25. The van der Waals surface area contributed by atoms with E-state index in [0.29, 0.717) is 22.2 Å². The number of benzene rings is 1. The minimum atomic E-state index is -0.340. The first-order chi connectivity index (χ1) is 14.0. The first-order valence-electron chi connectivity index (χ1n) is 9.57. The van der Waals surface area contributed by atoms with Gasteiger partial charge in [-0.15, -0.1) is 0 Å². The Hall–Kier alpha value is -2.71. The Morgan fingerprint density at radius 1 is 1.21 bits per heavy atom. The zero-order valence-corrected chi connectivity index (χ0v) is 17.7. The highest BCUT2D eigenvalue weighted by atomic mass is 79.9. The molecule has 2 aromatic heterocycles. The van der Waals surface area contributed by atoms with Crippen LogP contribution in [0.4, 0.5) is 11.5 Å². The Morgan fingerprint density at radius 3 is 2.69 bits per heavy atom. The highest BCUT2D eigenvalue weighted by molar-refractivity contribution is 9.10. The summed E-state index contributed by atoms with van der Waals surface area (Å²) in [6.07, 6.45) is 3.36. The van der Waals surface area contributed by atoms with Gasteiger partial charge in [0.25, 0.3) is 5.56 Å². The van der Waals surface area contributed by atoms with E-state index in [9.17, 15) is 9.90 Å².